The van der Waals surface area contributed by atoms with Crippen molar-refractivity contribution >= 4 is 28.8 Å². The zero-order chi connectivity index (χ0) is 28.4. The van der Waals surface area contributed by atoms with Crippen LogP contribution in [0.3, 0.4) is 0 Å². The van der Waals surface area contributed by atoms with Gasteiger partial charge in [0.15, 0.2) is 0 Å². The zero-order valence-corrected chi connectivity index (χ0v) is 22.2. The van der Waals surface area contributed by atoms with Crippen LogP contribution in [0.25, 0.3) is 33.4 Å². The number of furan rings is 1. The van der Waals surface area contributed by atoms with Crippen molar-refractivity contribution in [2.24, 2.45) is 0 Å². The molecule has 2 amide bonds. The number of rotatable bonds is 9. The van der Waals surface area contributed by atoms with E-state index in [0.29, 0.717) is 38.8 Å². The van der Waals surface area contributed by atoms with Crippen LogP contribution in [0.1, 0.15) is 52.5 Å². The van der Waals surface area contributed by atoms with Crippen molar-refractivity contribution in [1.82, 2.24) is 10.6 Å². The lowest BCUT2D eigenvalue weighted by atomic mass is 9.82. The van der Waals surface area contributed by atoms with Crippen LogP contribution in [0, 0.1) is 5.82 Å². The number of aryl methyl sites for hydroxylation is 1. The Bertz CT molecular complexity index is 1650. The van der Waals surface area contributed by atoms with Gasteiger partial charge >= 0.3 is 5.97 Å². The highest BCUT2D eigenvalue weighted by atomic mass is 19.1. The van der Waals surface area contributed by atoms with E-state index in [-0.39, 0.29) is 41.5 Å². The third kappa shape index (κ3) is 5.12. The summed E-state index contributed by atoms with van der Waals surface area (Å²) in [4.78, 5) is 37.7. The van der Waals surface area contributed by atoms with E-state index in [0.717, 1.165) is 12.8 Å². The molecular weight excluding hydrogens is 511 g/mol. The second-order valence-electron chi connectivity index (χ2n) is 9.94. The first-order chi connectivity index (χ1) is 19.2. The van der Waals surface area contributed by atoms with Crippen molar-refractivity contribution in [3.63, 3.8) is 0 Å². The van der Waals surface area contributed by atoms with Crippen LogP contribution in [0.4, 0.5) is 4.39 Å². The standard InChI is InChI=1S/C32H29FN2O5/c1-3-32(14-5-15-32)35-30(38)22-7-4-6-20(16-22)24-18-25-26(17-21(24)10-13-27(36)37)40-29(28(25)31(39)34-2)19-8-11-23(33)12-9-19/h4-9,11-12,14,16-18H,3,10,13,15H2,1-2H3,(H,34,39)(H,35,38)(H,36,37). The average Bonchev–Trinajstić information content (AvgIpc) is 3.31. The molecule has 1 heterocycles. The Morgan fingerprint density at radius 3 is 2.40 bits per heavy atom. The van der Waals surface area contributed by atoms with E-state index >= 15 is 0 Å². The molecule has 0 radical (unpaired) electrons. The third-order valence-corrected chi connectivity index (χ3v) is 7.43. The fourth-order valence-electron chi connectivity index (χ4n) is 5.03. The van der Waals surface area contributed by atoms with Crippen molar-refractivity contribution < 1.29 is 28.3 Å². The van der Waals surface area contributed by atoms with Gasteiger partial charge in [0.2, 0.25) is 0 Å². The van der Waals surface area contributed by atoms with Gasteiger partial charge in [-0.15, -0.1) is 0 Å². The topological polar surface area (TPSA) is 109 Å². The summed E-state index contributed by atoms with van der Waals surface area (Å²) in [6, 6.07) is 16.3. The Hall–Kier alpha value is -4.72. The molecule has 1 aliphatic rings. The molecule has 4 aromatic rings. The number of hydrogen-bond donors (Lipinski definition) is 3. The number of carboxylic acid groups (broad SMARTS) is 1. The van der Waals surface area contributed by atoms with Crippen LogP contribution in [0.2, 0.25) is 0 Å². The molecule has 0 fully saturated rings. The molecule has 3 N–H and O–H groups in total. The lowest BCUT2D eigenvalue weighted by molar-refractivity contribution is -0.136. The monoisotopic (exact) mass is 540 g/mol. The Balaban J connectivity index is 1.65. The summed E-state index contributed by atoms with van der Waals surface area (Å²) in [5, 5.41) is 15.7. The van der Waals surface area contributed by atoms with Gasteiger partial charge in [0.1, 0.15) is 17.2 Å². The average molecular weight is 541 g/mol. The number of carbonyl (C=O) groups is 3. The number of aliphatic carboxylic acids is 1. The summed E-state index contributed by atoms with van der Waals surface area (Å²) in [7, 11) is 1.51. The molecule has 1 atom stereocenters. The normalized spacial score (nSPS) is 16.0. The Kier molecular flexibility index (Phi) is 7.26. The van der Waals surface area contributed by atoms with Crippen LogP contribution >= 0.6 is 0 Å². The summed E-state index contributed by atoms with van der Waals surface area (Å²) in [5.74, 6) is -1.66. The molecule has 1 aliphatic carbocycles. The van der Waals surface area contributed by atoms with E-state index in [4.69, 9.17) is 4.42 Å². The van der Waals surface area contributed by atoms with Gasteiger partial charge in [-0.05, 0) is 84.5 Å². The SMILES string of the molecule is CCC1(NC(=O)c2cccc(-c3cc4c(C(=O)NC)c(-c5ccc(F)cc5)oc4cc3CCC(=O)O)c2)C=CC1. The van der Waals surface area contributed by atoms with E-state index in [1.165, 1.54) is 31.3 Å². The summed E-state index contributed by atoms with van der Waals surface area (Å²) < 4.78 is 19.7. The van der Waals surface area contributed by atoms with Crippen LogP contribution in [0.5, 0.6) is 0 Å². The Labute approximate surface area is 230 Å². The summed E-state index contributed by atoms with van der Waals surface area (Å²) in [6.45, 7) is 2.03. The molecule has 8 heteroatoms. The number of hydrogen-bond acceptors (Lipinski definition) is 4. The Morgan fingerprint density at radius 1 is 1.02 bits per heavy atom. The van der Waals surface area contributed by atoms with Gasteiger partial charge in [-0.25, -0.2) is 4.39 Å². The summed E-state index contributed by atoms with van der Waals surface area (Å²) in [5.41, 5.74) is 3.43. The van der Waals surface area contributed by atoms with Crippen molar-refractivity contribution in [3.05, 3.63) is 95.3 Å². The van der Waals surface area contributed by atoms with Gasteiger partial charge in [-0.1, -0.05) is 31.2 Å². The molecule has 0 spiro atoms. The molecule has 3 aromatic carbocycles. The summed E-state index contributed by atoms with van der Waals surface area (Å²) >= 11 is 0. The predicted molar refractivity (Wildman–Crippen MR) is 151 cm³/mol. The number of amides is 2. The highest BCUT2D eigenvalue weighted by Crippen LogP contribution is 2.38. The molecule has 7 nitrogen and oxygen atoms in total. The second kappa shape index (κ2) is 10.8. The maximum atomic E-state index is 13.6. The van der Waals surface area contributed by atoms with E-state index < -0.39 is 11.8 Å². The minimum atomic E-state index is -0.949. The number of carboxylic acids is 1. The maximum absolute atomic E-state index is 13.6. The number of fused-ring (bicyclic) bond motifs is 1. The zero-order valence-electron chi connectivity index (χ0n) is 22.2. The second-order valence-corrected chi connectivity index (χ2v) is 9.94. The minimum absolute atomic E-state index is 0.113. The van der Waals surface area contributed by atoms with E-state index in [1.807, 2.05) is 25.1 Å². The highest BCUT2D eigenvalue weighted by Gasteiger charge is 2.31. The van der Waals surface area contributed by atoms with Crippen molar-refractivity contribution in [1.29, 1.82) is 0 Å². The van der Waals surface area contributed by atoms with Crippen molar-refractivity contribution in [3.8, 4) is 22.5 Å². The smallest absolute Gasteiger partial charge is 0.303 e. The van der Waals surface area contributed by atoms with Gasteiger partial charge in [0.25, 0.3) is 11.8 Å². The molecule has 0 aliphatic heterocycles. The van der Waals surface area contributed by atoms with Crippen molar-refractivity contribution in [2.45, 2.75) is 38.1 Å². The van der Waals surface area contributed by atoms with Gasteiger partial charge in [0, 0.05) is 30.0 Å². The fraction of sp³-hybridized carbons (Fsp3) is 0.219. The van der Waals surface area contributed by atoms with Gasteiger partial charge in [0.05, 0.1) is 11.1 Å². The number of nitrogens with one attached hydrogen (secondary N) is 2. The quantitative estimate of drug-likeness (QED) is 0.222. The largest absolute Gasteiger partial charge is 0.481 e. The molecule has 5 rings (SSSR count). The summed E-state index contributed by atoms with van der Waals surface area (Å²) in [6.07, 6.45) is 5.69. The van der Waals surface area contributed by atoms with Crippen LogP contribution < -0.4 is 10.6 Å². The van der Waals surface area contributed by atoms with Crippen molar-refractivity contribution in [2.75, 3.05) is 7.05 Å². The van der Waals surface area contributed by atoms with Crippen LogP contribution in [0.15, 0.2) is 77.2 Å². The number of halogens is 1. The van der Waals surface area contributed by atoms with E-state index in [9.17, 15) is 23.9 Å². The molecule has 204 valence electrons. The predicted octanol–water partition coefficient (Wildman–Crippen LogP) is 6.12. The molecule has 40 heavy (non-hydrogen) atoms. The maximum Gasteiger partial charge on any atom is 0.303 e. The molecule has 0 saturated heterocycles. The van der Waals surface area contributed by atoms with Gasteiger partial charge < -0.3 is 20.2 Å². The first-order valence-electron chi connectivity index (χ1n) is 13.1. The molecule has 1 unspecified atom stereocenters. The van der Waals surface area contributed by atoms with Crippen LogP contribution in [-0.2, 0) is 11.2 Å². The molecule has 0 saturated carbocycles. The lowest BCUT2D eigenvalue weighted by Gasteiger charge is -2.35. The van der Waals surface area contributed by atoms with Gasteiger partial charge in [-0.3, -0.25) is 14.4 Å². The Morgan fingerprint density at radius 2 is 1.77 bits per heavy atom. The van der Waals surface area contributed by atoms with E-state index in [1.54, 1.807) is 30.3 Å². The first-order valence-corrected chi connectivity index (χ1v) is 13.1. The number of carbonyl (C=O) groups excluding carboxylic acids is 2. The van der Waals surface area contributed by atoms with Gasteiger partial charge in [-0.2, -0.15) is 0 Å². The third-order valence-electron chi connectivity index (χ3n) is 7.43. The number of benzene rings is 3. The first kappa shape index (κ1) is 26.9. The van der Waals surface area contributed by atoms with Crippen LogP contribution in [-0.4, -0.2) is 35.5 Å². The minimum Gasteiger partial charge on any atom is -0.481 e. The lowest BCUT2D eigenvalue weighted by Crippen LogP contribution is -2.49. The molecule has 0 bridgehead atoms. The highest BCUT2D eigenvalue weighted by molar-refractivity contribution is 6.12. The fourth-order valence-corrected chi connectivity index (χ4v) is 5.03. The molecular formula is C32H29FN2O5. The molecule has 1 aromatic heterocycles. The van der Waals surface area contributed by atoms with E-state index in [2.05, 4.69) is 10.6 Å².